The van der Waals surface area contributed by atoms with Crippen LogP contribution in [-0.2, 0) is 15.4 Å². The van der Waals surface area contributed by atoms with E-state index >= 15 is 0 Å². The largest absolute Gasteiger partial charge is 0.308 e. The van der Waals surface area contributed by atoms with E-state index in [1.807, 2.05) is 42.5 Å². The molecule has 0 aliphatic rings. The summed E-state index contributed by atoms with van der Waals surface area (Å²) in [5, 5.41) is 0.704. The second-order valence-corrected chi connectivity index (χ2v) is 11.6. The Balaban J connectivity index is 1.69. The van der Waals surface area contributed by atoms with Crippen LogP contribution in [0.1, 0.15) is 43.1 Å². The Bertz CT molecular complexity index is 1240. The number of nitrogens with zero attached hydrogens (tertiary/aromatic N) is 1. The number of rotatable bonds is 8. The number of anilines is 1. The van der Waals surface area contributed by atoms with E-state index in [1.54, 1.807) is 29.2 Å². The molecule has 8 heteroatoms. The molecule has 1 amide bonds. The maximum atomic E-state index is 13.3. The van der Waals surface area contributed by atoms with Gasteiger partial charge in [-0.05, 0) is 59.9 Å². The van der Waals surface area contributed by atoms with Crippen molar-refractivity contribution < 1.29 is 13.2 Å². The molecule has 180 valence electrons. The minimum absolute atomic E-state index is 0.0594. The topological polar surface area (TPSA) is 66.5 Å². The van der Waals surface area contributed by atoms with E-state index in [2.05, 4.69) is 25.5 Å². The summed E-state index contributed by atoms with van der Waals surface area (Å²) in [5.74, 6) is -0.284. The van der Waals surface area contributed by atoms with Crippen LogP contribution in [0.5, 0.6) is 0 Å². The standard InChI is InChI=1S/C26H28Cl2N2O3S/c1-26(2,3)19-10-13-22(14-11-19)34(32,33)29-16-7-17-30(21-8-5-4-6-9-21)25(31)23-15-12-20(27)18-24(23)28/h4-6,8-15,18,29H,7,16-17H2,1-3H3. The molecule has 3 aromatic rings. The third-order valence-electron chi connectivity index (χ3n) is 5.36. The fourth-order valence-corrected chi connectivity index (χ4v) is 4.99. The molecule has 0 bridgehead atoms. The molecule has 5 nitrogen and oxygen atoms in total. The summed E-state index contributed by atoms with van der Waals surface area (Å²) in [6, 6.07) is 20.8. The molecule has 0 aliphatic heterocycles. The smallest absolute Gasteiger partial charge is 0.259 e. The second kappa shape index (κ2) is 10.9. The van der Waals surface area contributed by atoms with Crippen molar-refractivity contribution in [3.05, 3.63) is 94.0 Å². The summed E-state index contributed by atoms with van der Waals surface area (Å²) < 4.78 is 28.1. The molecule has 0 aliphatic carbocycles. The Morgan fingerprint density at radius 1 is 0.941 bits per heavy atom. The van der Waals surface area contributed by atoms with E-state index < -0.39 is 10.0 Å². The van der Waals surface area contributed by atoms with E-state index in [0.717, 1.165) is 5.56 Å². The van der Waals surface area contributed by atoms with E-state index in [9.17, 15) is 13.2 Å². The first-order chi connectivity index (χ1) is 16.0. The first-order valence-electron chi connectivity index (χ1n) is 10.9. The quantitative estimate of drug-likeness (QED) is 0.355. The van der Waals surface area contributed by atoms with Gasteiger partial charge in [-0.15, -0.1) is 0 Å². The molecule has 0 saturated carbocycles. The van der Waals surface area contributed by atoms with E-state index in [1.165, 1.54) is 6.07 Å². The third kappa shape index (κ3) is 6.60. The van der Waals surface area contributed by atoms with Crippen molar-refractivity contribution >= 4 is 44.8 Å². The lowest BCUT2D eigenvalue weighted by Crippen LogP contribution is -2.34. The van der Waals surface area contributed by atoms with E-state index in [0.29, 0.717) is 29.2 Å². The van der Waals surface area contributed by atoms with Crippen LogP contribution in [0, 0.1) is 0 Å². The maximum Gasteiger partial charge on any atom is 0.259 e. The van der Waals surface area contributed by atoms with Gasteiger partial charge in [0.25, 0.3) is 5.91 Å². The number of nitrogens with one attached hydrogen (secondary N) is 1. The SMILES string of the molecule is CC(C)(C)c1ccc(S(=O)(=O)NCCCN(C(=O)c2ccc(Cl)cc2Cl)c2ccccc2)cc1. The van der Waals surface area contributed by atoms with Gasteiger partial charge in [-0.3, -0.25) is 4.79 Å². The first kappa shape index (κ1) is 26.2. The highest BCUT2D eigenvalue weighted by Gasteiger charge is 2.21. The molecule has 3 rings (SSSR count). The fourth-order valence-electron chi connectivity index (χ4n) is 3.43. The molecule has 3 aromatic carbocycles. The number of sulfonamides is 1. The average molecular weight is 519 g/mol. The van der Waals surface area contributed by atoms with Gasteiger partial charge in [0.2, 0.25) is 10.0 Å². The fraction of sp³-hybridized carbons (Fsp3) is 0.269. The van der Waals surface area contributed by atoms with Gasteiger partial charge in [-0.1, -0.05) is 74.3 Å². The zero-order valence-corrected chi connectivity index (χ0v) is 21.7. The Kier molecular flexibility index (Phi) is 8.42. The minimum Gasteiger partial charge on any atom is -0.308 e. The zero-order valence-electron chi connectivity index (χ0n) is 19.4. The van der Waals surface area contributed by atoms with Crippen molar-refractivity contribution in [3.8, 4) is 0 Å². The molecule has 0 aromatic heterocycles. The summed E-state index contributed by atoms with van der Waals surface area (Å²) in [6.07, 6.45) is 0.408. The van der Waals surface area contributed by atoms with Crippen LogP contribution in [0.15, 0.2) is 77.7 Å². The van der Waals surface area contributed by atoms with Crippen LogP contribution in [0.2, 0.25) is 10.0 Å². The van der Waals surface area contributed by atoms with Crippen molar-refractivity contribution in [2.45, 2.75) is 37.5 Å². The summed E-state index contributed by atoms with van der Waals surface area (Å²) >= 11 is 12.2. The molecule has 0 spiro atoms. The lowest BCUT2D eigenvalue weighted by atomic mass is 9.87. The third-order valence-corrected chi connectivity index (χ3v) is 7.38. The zero-order chi connectivity index (χ0) is 24.9. The van der Waals surface area contributed by atoms with Crippen molar-refractivity contribution in [1.82, 2.24) is 4.72 Å². The van der Waals surface area contributed by atoms with Crippen molar-refractivity contribution in [1.29, 1.82) is 0 Å². The highest BCUT2D eigenvalue weighted by Crippen LogP contribution is 2.25. The van der Waals surface area contributed by atoms with Crippen LogP contribution in [0.25, 0.3) is 0 Å². The summed E-state index contributed by atoms with van der Waals surface area (Å²) in [6.45, 7) is 6.70. The van der Waals surface area contributed by atoms with Crippen LogP contribution in [0.4, 0.5) is 5.69 Å². The number of halogens is 2. The lowest BCUT2D eigenvalue weighted by Gasteiger charge is -2.23. The highest BCUT2D eigenvalue weighted by molar-refractivity contribution is 7.89. The van der Waals surface area contributed by atoms with Crippen LogP contribution >= 0.6 is 23.2 Å². The Labute approximate surface area is 211 Å². The van der Waals surface area contributed by atoms with Gasteiger partial charge in [0.05, 0.1) is 15.5 Å². The molecule has 0 radical (unpaired) electrons. The molecular weight excluding hydrogens is 491 g/mol. The highest BCUT2D eigenvalue weighted by atomic mass is 35.5. The van der Waals surface area contributed by atoms with E-state index in [-0.39, 0.29) is 27.8 Å². The number of hydrogen-bond acceptors (Lipinski definition) is 3. The Morgan fingerprint density at radius 2 is 1.59 bits per heavy atom. The monoisotopic (exact) mass is 518 g/mol. The molecule has 1 N–H and O–H groups in total. The Hall–Kier alpha value is -2.38. The number of amides is 1. The molecule has 0 saturated heterocycles. The number of para-hydroxylation sites is 1. The van der Waals surface area contributed by atoms with Crippen molar-refractivity contribution in [2.24, 2.45) is 0 Å². The van der Waals surface area contributed by atoms with Gasteiger partial charge in [0.1, 0.15) is 0 Å². The van der Waals surface area contributed by atoms with Gasteiger partial charge in [0.15, 0.2) is 0 Å². The summed E-state index contributed by atoms with van der Waals surface area (Å²) in [5.41, 5.74) is 2.02. The molecule has 0 atom stereocenters. The van der Waals surface area contributed by atoms with Crippen molar-refractivity contribution in [3.63, 3.8) is 0 Å². The van der Waals surface area contributed by atoms with E-state index in [4.69, 9.17) is 23.2 Å². The van der Waals surface area contributed by atoms with Crippen LogP contribution in [0.3, 0.4) is 0 Å². The minimum atomic E-state index is -3.66. The molecule has 0 fully saturated rings. The molecule has 0 unspecified atom stereocenters. The Morgan fingerprint density at radius 3 is 2.18 bits per heavy atom. The summed E-state index contributed by atoms with van der Waals surface area (Å²) in [7, 11) is -3.66. The van der Waals surface area contributed by atoms with Gasteiger partial charge in [-0.2, -0.15) is 0 Å². The van der Waals surface area contributed by atoms with Crippen LogP contribution in [-0.4, -0.2) is 27.4 Å². The number of carbonyl (C=O) groups is 1. The predicted molar refractivity (Wildman–Crippen MR) is 140 cm³/mol. The summed E-state index contributed by atoms with van der Waals surface area (Å²) in [4.78, 5) is 15.1. The van der Waals surface area contributed by atoms with Crippen LogP contribution < -0.4 is 9.62 Å². The van der Waals surface area contributed by atoms with Gasteiger partial charge < -0.3 is 4.90 Å². The second-order valence-electron chi connectivity index (χ2n) is 8.94. The molecule has 34 heavy (non-hydrogen) atoms. The number of carbonyl (C=O) groups excluding carboxylic acids is 1. The number of benzene rings is 3. The van der Waals surface area contributed by atoms with Gasteiger partial charge >= 0.3 is 0 Å². The van der Waals surface area contributed by atoms with Gasteiger partial charge in [-0.25, -0.2) is 13.1 Å². The normalized spacial score (nSPS) is 11.9. The first-order valence-corrected chi connectivity index (χ1v) is 13.1. The lowest BCUT2D eigenvalue weighted by molar-refractivity contribution is 0.0987. The van der Waals surface area contributed by atoms with Gasteiger partial charge in [0, 0.05) is 23.8 Å². The molecular formula is C26H28Cl2N2O3S. The maximum absolute atomic E-state index is 13.3. The average Bonchev–Trinajstić information content (AvgIpc) is 2.79. The predicted octanol–water partition coefficient (Wildman–Crippen LogP) is 6.31. The number of hydrogen-bond donors (Lipinski definition) is 1. The van der Waals surface area contributed by atoms with Crippen molar-refractivity contribution in [2.75, 3.05) is 18.0 Å². The molecule has 0 heterocycles.